The highest BCUT2D eigenvalue weighted by Crippen LogP contribution is 2.31. The highest BCUT2D eigenvalue weighted by molar-refractivity contribution is 5.70. The zero-order valence-electron chi connectivity index (χ0n) is 13.9. The number of nitriles is 2. The van der Waals surface area contributed by atoms with Crippen molar-refractivity contribution in [1.29, 1.82) is 10.5 Å². The molecule has 0 amide bonds. The lowest BCUT2D eigenvalue weighted by Gasteiger charge is -2.24. The number of hydrogen-bond acceptors (Lipinski definition) is 5. The lowest BCUT2D eigenvalue weighted by Crippen LogP contribution is -2.46. The molecule has 1 aliphatic heterocycles. The van der Waals surface area contributed by atoms with Gasteiger partial charge in [-0.3, -0.25) is 0 Å². The van der Waals surface area contributed by atoms with E-state index in [4.69, 9.17) is 5.84 Å². The van der Waals surface area contributed by atoms with E-state index in [0.717, 1.165) is 16.7 Å². The van der Waals surface area contributed by atoms with E-state index in [2.05, 4.69) is 22.2 Å². The number of rotatable bonds is 4. The van der Waals surface area contributed by atoms with Gasteiger partial charge >= 0.3 is 0 Å². The second kappa shape index (κ2) is 5.58. The normalized spacial score (nSPS) is 20.3. The number of aliphatic imine (C=N–C) groups is 1. The average Bonchev–Trinajstić information content (AvgIpc) is 2.93. The van der Waals surface area contributed by atoms with E-state index >= 15 is 0 Å². The zero-order valence-corrected chi connectivity index (χ0v) is 13.9. The van der Waals surface area contributed by atoms with Gasteiger partial charge < -0.3 is 0 Å². The molecule has 0 saturated heterocycles. The topological polar surface area (TPSA) is 98.3 Å². The van der Waals surface area contributed by atoms with Crippen LogP contribution in [0, 0.1) is 22.7 Å². The third-order valence-electron chi connectivity index (χ3n) is 4.03. The molecule has 0 radical (unpaired) electrons. The van der Waals surface area contributed by atoms with Crippen LogP contribution in [0.25, 0.3) is 0 Å². The summed E-state index contributed by atoms with van der Waals surface area (Å²) in [6, 6.07) is 10.5. The van der Waals surface area contributed by atoms with Crippen molar-refractivity contribution in [2.24, 2.45) is 15.9 Å². The molecule has 1 atom stereocenters. The van der Waals surface area contributed by atoms with Gasteiger partial charge in [-0.05, 0) is 56.1 Å². The smallest absolute Gasteiger partial charge is 0.197 e. The van der Waals surface area contributed by atoms with Crippen molar-refractivity contribution >= 4 is 12.7 Å². The second-order valence-corrected chi connectivity index (χ2v) is 6.93. The molecule has 0 spiro atoms. The van der Waals surface area contributed by atoms with E-state index in [1.165, 1.54) is 6.34 Å². The molecule has 1 heterocycles. The number of benzene rings is 1. The fourth-order valence-corrected chi connectivity index (χ4v) is 2.31. The number of quaternary nitrogens is 1. The summed E-state index contributed by atoms with van der Waals surface area (Å²) in [5, 5.41) is 23.0. The fourth-order valence-electron chi connectivity index (χ4n) is 2.31. The van der Waals surface area contributed by atoms with Crippen LogP contribution in [0.1, 0.15) is 44.4 Å². The summed E-state index contributed by atoms with van der Waals surface area (Å²) in [6.07, 6.45) is 2.97. The Kier molecular flexibility index (Phi) is 4.08. The minimum absolute atomic E-state index is 0.164. The largest absolute Gasteiger partial charge is 0.238 e. The van der Waals surface area contributed by atoms with Crippen LogP contribution < -0.4 is 5.84 Å². The number of nitrogens with two attached hydrogens (primary N) is 1. The van der Waals surface area contributed by atoms with E-state index in [1.54, 1.807) is 6.34 Å². The maximum atomic E-state index is 9.44. The van der Waals surface area contributed by atoms with E-state index < -0.39 is 10.8 Å². The van der Waals surface area contributed by atoms with Crippen LogP contribution >= 0.6 is 0 Å². The average molecular weight is 309 g/mol. The predicted octanol–water partition coefficient (Wildman–Crippen LogP) is 2.46. The third kappa shape index (κ3) is 3.45. The first-order valence-electron chi connectivity index (χ1n) is 7.34. The lowest BCUT2D eigenvalue weighted by atomic mass is 9.79. The Balaban J connectivity index is 2.55. The van der Waals surface area contributed by atoms with Gasteiger partial charge in [0.2, 0.25) is 6.34 Å². The van der Waals surface area contributed by atoms with Crippen molar-refractivity contribution in [2.75, 3.05) is 0 Å². The van der Waals surface area contributed by atoms with Crippen LogP contribution in [0.15, 0.2) is 28.3 Å². The van der Waals surface area contributed by atoms with Crippen LogP contribution in [-0.2, 0) is 17.4 Å². The minimum atomic E-state index is -0.655. The third-order valence-corrected chi connectivity index (χ3v) is 4.03. The number of nitrogens with zero attached hydrogens (tertiary/aromatic N) is 5. The second-order valence-electron chi connectivity index (χ2n) is 6.93. The Morgan fingerprint density at radius 1 is 1.04 bits per heavy atom. The molecule has 1 aliphatic rings. The minimum Gasteiger partial charge on any atom is -0.197 e. The first-order valence-corrected chi connectivity index (χ1v) is 7.34. The summed E-state index contributed by atoms with van der Waals surface area (Å²) < 4.78 is -0.164. The summed E-state index contributed by atoms with van der Waals surface area (Å²) in [4.78, 5) is 3.93. The van der Waals surface area contributed by atoms with Crippen LogP contribution in [0.4, 0.5) is 0 Å². The van der Waals surface area contributed by atoms with Gasteiger partial charge in [0.15, 0.2) is 12.9 Å². The Bertz CT molecular complexity index is 702. The van der Waals surface area contributed by atoms with Crippen molar-refractivity contribution in [3.63, 3.8) is 0 Å². The summed E-state index contributed by atoms with van der Waals surface area (Å²) in [7, 11) is 0. The molecule has 0 aliphatic carbocycles. The van der Waals surface area contributed by atoms with Gasteiger partial charge in [-0.1, -0.05) is 10.8 Å². The van der Waals surface area contributed by atoms with Gasteiger partial charge in [0.25, 0.3) is 0 Å². The Labute approximate surface area is 136 Å². The summed E-state index contributed by atoms with van der Waals surface area (Å²) in [5.41, 5.74) is 1.33. The van der Waals surface area contributed by atoms with Crippen LogP contribution in [-0.4, -0.2) is 17.4 Å². The monoisotopic (exact) mass is 309 g/mol. The molecule has 2 rings (SSSR count). The molecular formula is C17H21N6+. The summed E-state index contributed by atoms with van der Waals surface area (Å²) >= 11 is 0. The maximum absolute atomic E-state index is 9.44. The Morgan fingerprint density at radius 3 is 1.96 bits per heavy atom. The molecule has 118 valence electrons. The lowest BCUT2D eigenvalue weighted by molar-refractivity contribution is -0.865. The van der Waals surface area contributed by atoms with Crippen molar-refractivity contribution in [3.05, 3.63) is 34.9 Å². The van der Waals surface area contributed by atoms with Crippen molar-refractivity contribution in [3.8, 4) is 12.1 Å². The molecule has 2 N–H and O–H groups in total. The van der Waals surface area contributed by atoms with Crippen LogP contribution in [0.5, 0.6) is 0 Å². The van der Waals surface area contributed by atoms with E-state index in [1.807, 2.05) is 45.9 Å². The molecule has 1 aromatic carbocycles. The van der Waals surface area contributed by atoms with Crippen molar-refractivity contribution in [2.45, 2.75) is 45.1 Å². The summed E-state index contributed by atoms with van der Waals surface area (Å²) in [5.74, 6) is 6.13. The number of hydrogen-bond donors (Lipinski definition) is 1. The zero-order chi connectivity index (χ0) is 17.3. The van der Waals surface area contributed by atoms with Gasteiger partial charge in [0.1, 0.15) is 0 Å². The fraction of sp³-hybridized carbons (Fsp3) is 0.412. The van der Waals surface area contributed by atoms with Crippen molar-refractivity contribution in [1.82, 2.24) is 0 Å². The first kappa shape index (κ1) is 16.8. The van der Waals surface area contributed by atoms with Gasteiger partial charge in [0, 0.05) is 5.56 Å². The SMILES string of the molecule is CC(C)(C#N)c1cc(C[N+]2(N)C=NC=N2)cc(C(C)(C)C#N)c1. The molecule has 6 heteroatoms. The molecule has 23 heavy (non-hydrogen) atoms. The van der Waals surface area contributed by atoms with E-state index in [-0.39, 0.29) is 4.70 Å². The Hall–Kier alpha value is -2.54. The quantitative estimate of drug-likeness (QED) is 0.683. The molecular weight excluding hydrogens is 288 g/mol. The Morgan fingerprint density at radius 2 is 1.57 bits per heavy atom. The molecule has 0 fully saturated rings. The first-order chi connectivity index (χ1) is 10.6. The molecule has 0 bridgehead atoms. The van der Waals surface area contributed by atoms with E-state index in [0.29, 0.717) is 6.54 Å². The maximum Gasteiger partial charge on any atom is 0.238 e. The standard InChI is InChI=1S/C17H21N6/c1-16(2,9-18)14-5-13(8-23(20)12-21-11-22-23)6-15(7-14)17(3,4)10-19/h5-7,11-12H,8,20H2,1-4H3/q+1. The summed E-state index contributed by atoms with van der Waals surface area (Å²) in [6.45, 7) is 7.84. The van der Waals surface area contributed by atoms with Crippen LogP contribution in [0.2, 0.25) is 0 Å². The van der Waals surface area contributed by atoms with Crippen molar-refractivity contribution < 1.29 is 4.70 Å². The highest BCUT2D eigenvalue weighted by Gasteiger charge is 2.29. The molecule has 6 nitrogen and oxygen atoms in total. The molecule has 1 aromatic rings. The molecule has 0 saturated carbocycles. The van der Waals surface area contributed by atoms with Gasteiger partial charge in [-0.25, -0.2) is 0 Å². The molecule has 1 unspecified atom stereocenters. The predicted molar refractivity (Wildman–Crippen MR) is 88.9 cm³/mol. The van der Waals surface area contributed by atoms with Gasteiger partial charge in [-0.15, -0.1) is 5.84 Å². The van der Waals surface area contributed by atoms with E-state index in [9.17, 15) is 10.5 Å². The molecule has 0 aromatic heterocycles. The van der Waals surface area contributed by atoms with Crippen LogP contribution in [0.3, 0.4) is 0 Å². The highest BCUT2D eigenvalue weighted by atomic mass is 15.8. The van der Waals surface area contributed by atoms with Gasteiger partial charge in [-0.2, -0.15) is 15.5 Å². The van der Waals surface area contributed by atoms with Gasteiger partial charge in [0.05, 0.1) is 23.0 Å².